The zero-order valence-electron chi connectivity index (χ0n) is 21.0. The maximum atomic E-state index is 12.3. The van der Waals surface area contributed by atoms with Crippen LogP contribution in [0.1, 0.15) is 76.9 Å². The van der Waals surface area contributed by atoms with E-state index in [2.05, 4.69) is 4.98 Å². The first kappa shape index (κ1) is 17.3. The van der Waals surface area contributed by atoms with Crippen LogP contribution in [0.25, 0.3) is 0 Å². The van der Waals surface area contributed by atoms with Crippen LogP contribution in [0, 0.1) is 0 Å². The number of amides is 1. The minimum atomic E-state index is -0.881. The van der Waals surface area contributed by atoms with E-state index in [0.717, 1.165) is 0 Å². The normalized spacial score (nSPS) is 23.9. The molecule has 0 spiro atoms. The molecule has 1 aromatic rings. The van der Waals surface area contributed by atoms with Gasteiger partial charge in [-0.05, 0) is 78.8 Å². The Morgan fingerprint density at radius 3 is 2.32 bits per heavy atom. The number of likely N-dealkylation sites (tertiary alicyclic amines) is 1. The molecule has 1 aromatic heterocycles. The zero-order valence-corrected chi connectivity index (χ0v) is 18.0. The standard InChI is InChI=1S/C21H33BN2O4/c1-19(2,3)26-18(25)24-12-10-15(11-13-24)16-8-9-17(23-14-16)22-27-20(4,5)21(6,7)28-22/h8-9,14-15H,10-13H2,1-7H3/i8D,9D,14D. The van der Waals surface area contributed by atoms with E-state index in [0.29, 0.717) is 31.5 Å². The lowest BCUT2D eigenvalue weighted by molar-refractivity contribution is 0.00578. The van der Waals surface area contributed by atoms with Gasteiger partial charge in [0.15, 0.2) is 0 Å². The van der Waals surface area contributed by atoms with Crippen molar-refractivity contribution in [3.63, 3.8) is 0 Å². The Kier molecular flexibility index (Phi) is 4.53. The second-order valence-electron chi connectivity index (χ2n) is 9.60. The van der Waals surface area contributed by atoms with Gasteiger partial charge in [-0.2, -0.15) is 0 Å². The molecule has 0 radical (unpaired) electrons. The molecule has 0 saturated carbocycles. The van der Waals surface area contributed by atoms with Gasteiger partial charge in [0.25, 0.3) is 0 Å². The van der Waals surface area contributed by atoms with Crippen LogP contribution >= 0.6 is 0 Å². The summed E-state index contributed by atoms with van der Waals surface area (Å²) in [5.74, 6) is -0.109. The highest BCUT2D eigenvalue weighted by molar-refractivity contribution is 6.61. The predicted molar refractivity (Wildman–Crippen MR) is 110 cm³/mol. The molecule has 6 nitrogen and oxygen atoms in total. The summed E-state index contributed by atoms with van der Waals surface area (Å²) >= 11 is 0. The molecule has 3 rings (SSSR count). The molecule has 3 heterocycles. The van der Waals surface area contributed by atoms with E-state index in [1.807, 2.05) is 48.5 Å². The molecular formula is C21H33BN2O4. The number of carbonyl (C=O) groups excluding carboxylic acids is 1. The van der Waals surface area contributed by atoms with Crippen LogP contribution in [0.3, 0.4) is 0 Å². The minimum absolute atomic E-state index is 0.0135. The van der Waals surface area contributed by atoms with E-state index in [-0.39, 0.29) is 35.9 Å². The maximum Gasteiger partial charge on any atom is 0.514 e. The molecule has 2 aliphatic rings. The van der Waals surface area contributed by atoms with Gasteiger partial charge in [-0.1, -0.05) is 6.04 Å². The lowest BCUT2D eigenvalue weighted by atomic mass is 9.83. The van der Waals surface area contributed by atoms with E-state index in [1.165, 1.54) is 0 Å². The SMILES string of the molecule is [2H]c1nc(B2OC(C)(C)C(C)(C)O2)c([2H])c([2H])c1C1CCN(C(=O)OC(C)(C)C)CC1. The van der Waals surface area contributed by atoms with E-state index in [1.54, 1.807) is 4.90 Å². The Bertz CT molecular complexity index is 849. The van der Waals surface area contributed by atoms with Crippen molar-refractivity contribution in [2.45, 2.75) is 84.0 Å². The minimum Gasteiger partial charge on any atom is -0.444 e. The summed E-state index contributed by atoms with van der Waals surface area (Å²) < 4.78 is 42.9. The molecule has 2 fully saturated rings. The Hall–Kier alpha value is -1.60. The van der Waals surface area contributed by atoms with Crippen LogP contribution in [0.4, 0.5) is 4.79 Å². The number of hydrogen-bond acceptors (Lipinski definition) is 5. The van der Waals surface area contributed by atoms with Gasteiger partial charge in [0.1, 0.15) is 5.60 Å². The topological polar surface area (TPSA) is 60.9 Å². The Balaban J connectivity index is 1.78. The Morgan fingerprint density at radius 1 is 1.21 bits per heavy atom. The number of rotatable bonds is 2. The van der Waals surface area contributed by atoms with Gasteiger partial charge in [0, 0.05) is 19.3 Å². The fourth-order valence-corrected chi connectivity index (χ4v) is 3.24. The monoisotopic (exact) mass is 391 g/mol. The molecule has 154 valence electrons. The summed E-state index contributed by atoms with van der Waals surface area (Å²) in [6, 6.07) is -0.0838. The predicted octanol–water partition coefficient (Wildman–Crippen LogP) is 3.50. The van der Waals surface area contributed by atoms with Crippen LogP contribution in [-0.2, 0) is 14.0 Å². The van der Waals surface area contributed by atoms with Gasteiger partial charge in [-0.15, -0.1) is 0 Å². The third-order valence-corrected chi connectivity index (χ3v) is 5.65. The van der Waals surface area contributed by atoms with Crippen molar-refractivity contribution in [1.82, 2.24) is 9.88 Å². The number of aromatic nitrogens is 1. The van der Waals surface area contributed by atoms with Gasteiger partial charge in [0.2, 0.25) is 0 Å². The lowest BCUT2D eigenvalue weighted by Crippen LogP contribution is -2.41. The molecule has 2 aliphatic heterocycles. The van der Waals surface area contributed by atoms with Crippen molar-refractivity contribution < 1.29 is 23.0 Å². The highest BCUT2D eigenvalue weighted by atomic mass is 16.7. The van der Waals surface area contributed by atoms with Gasteiger partial charge in [-0.25, -0.2) is 4.79 Å². The molecule has 0 unspecified atom stereocenters. The van der Waals surface area contributed by atoms with E-state index in [4.69, 9.17) is 18.2 Å². The van der Waals surface area contributed by atoms with Crippen LogP contribution in [-0.4, -0.2) is 53.0 Å². The number of carbonyl (C=O) groups is 1. The summed E-state index contributed by atoms with van der Waals surface area (Å²) in [4.78, 5) is 18.3. The first-order valence-corrected chi connectivity index (χ1v) is 9.94. The van der Waals surface area contributed by atoms with Crippen LogP contribution in [0.2, 0.25) is 0 Å². The van der Waals surface area contributed by atoms with Crippen molar-refractivity contribution >= 4 is 18.8 Å². The van der Waals surface area contributed by atoms with Crippen molar-refractivity contribution in [3.8, 4) is 0 Å². The van der Waals surface area contributed by atoms with Crippen molar-refractivity contribution in [3.05, 3.63) is 23.8 Å². The third-order valence-electron chi connectivity index (χ3n) is 5.65. The lowest BCUT2D eigenvalue weighted by Gasteiger charge is -2.33. The van der Waals surface area contributed by atoms with Crippen molar-refractivity contribution in [2.75, 3.05) is 13.1 Å². The van der Waals surface area contributed by atoms with Crippen molar-refractivity contribution in [2.24, 2.45) is 0 Å². The zero-order chi connectivity index (χ0) is 23.4. The molecule has 1 amide bonds. The smallest absolute Gasteiger partial charge is 0.444 e. The average molecular weight is 391 g/mol. The second-order valence-corrected chi connectivity index (χ2v) is 9.60. The van der Waals surface area contributed by atoms with Gasteiger partial charge in [0.05, 0.1) is 20.9 Å². The van der Waals surface area contributed by atoms with Gasteiger partial charge < -0.3 is 18.9 Å². The summed E-state index contributed by atoms with van der Waals surface area (Å²) in [6.45, 7) is 14.1. The summed E-state index contributed by atoms with van der Waals surface area (Å²) in [6.07, 6.45) is 0.807. The fourth-order valence-electron chi connectivity index (χ4n) is 3.24. The van der Waals surface area contributed by atoms with E-state index in [9.17, 15) is 4.79 Å². The van der Waals surface area contributed by atoms with Gasteiger partial charge >= 0.3 is 13.2 Å². The number of hydrogen-bond donors (Lipinski definition) is 0. The molecule has 0 N–H and O–H groups in total. The van der Waals surface area contributed by atoms with Crippen LogP contribution < -0.4 is 5.59 Å². The number of pyridine rings is 1. The number of ether oxygens (including phenoxy) is 1. The number of piperidine rings is 1. The molecule has 0 bridgehead atoms. The van der Waals surface area contributed by atoms with Crippen molar-refractivity contribution in [1.29, 1.82) is 0 Å². The summed E-state index contributed by atoms with van der Waals surface area (Å²) in [5, 5.41) is 0. The molecule has 7 heteroatoms. The average Bonchev–Trinajstić information content (AvgIpc) is 2.84. The number of nitrogens with zero attached hydrogens (tertiary/aromatic N) is 2. The molecule has 0 atom stereocenters. The fraction of sp³-hybridized carbons (Fsp3) is 0.714. The van der Waals surface area contributed by atoms with Gasteiger partial charge in [-0.3, -0.25) is 4.98 Å². The van der Waals surface area contributed by atoms with E-state index >= 15 is 0 Å². The largest absolute Gasteiger partial charge is 0.514 e. The van der Waals surface area contributed by atoms with Crippen LogP contribution in [0.15, 0.2) is 18.3 Å². The Morgan fingerprint density at radius 2 is 1.79 bits per heavy atom. The molecule has 0 aromatic carbocycles. The van der Waals surface area contributed by atoms with E-state index < -0.39 is 23.9 Å². The second kappa shape index (κ2) is 7.34. The molecular weight excluding hydrogens is 355 g/mol. The highest BCUT2D eigenvalue weighted by Crippen LogP contribution is 2.36. The van der Waals surface area contributed by atoms with Crippen LogP contribution in [0.5, 0.6) is 0 Å². The molecule has 2 saturated heterocycles. The first-order valence-electron chi connectivity index (χ1n) is 11.4. The first-order chi connectivity index (χ1) is 14.1. The quantitative estimate of drug-likeness (QED) is 0.723. The third kappa shape index (κ3) is 4.52. The Labute approximate surface area is 173 Å². The summed E-state index contributed by atoms with van der Waals surface area (Å²) in [5.41, 5.74) is -1.12. The molecule has 0 aliphatic carbocycles. The maximum absolute atomic E-state index is 12.3. The highest BCUT2D eigenvalue weighted by Gasteiger charge is 2.52. The summed E-state index contributed by atoms with van der Waals surface area (Å²) in [7, 11) is -0.881. The molecule has 28 heavy (non-hydrogen) atoms.